The van der Waals surface area contributed by atoms with Gasteiger partial charge in [-0.05, 0) is 31.3 Å². The fraction of sp³-hybridized carbons (Fsp3) is 0.917. The Balaban J connectivity index is 1.65. The molecule has 2 aliphatic rings. The lowest BCUT2D eigenvalue weighted by atomic mass is 9.97. The number of amidine groups is 1. The molecule has 0 aromatic carbocycles. The highest BCUT2D eigenvalue weighted by Crippen LogP contribution is 2.26. The summed E-state index contributed by atoms with van der Waals surface area (Å²) in [5, 5.41) is 4.61. The Hall–Kier alpha value is -0.220. The van der Waals surface area contributed by atoms with Crippen molar-refractivity contribution >= 4 is 16.9 Å². The molecule has 0 aromatic heterocycles. The maximum atomic E-state index is 4.60. The zero-order chi connectivity index (χ0) is 11.4. The van der Waals surface area contributed by atoms with Crippen LogP contribution in [0.15, 0.2) is 4.99 Å². The van der Waals surface area contributed by atoms with Crippen LogP contribution in [0.2, 0.25) is 0 Å². The van der Waals surface area contributed by atoms with Crippen LogP contribution in [-0.4, -0.2) is 48.5 Å². The van der Waals surface area contributed by atoms with Gasteiger partial charge in [0.05, 0.1) is 0 Å². The van der Waals surface area contributed by atoms with Gasteiger partial charge < -0.3 is 10.2 Å². The molecule has 0 amide bonds. The SMILES string of the molecule is CC1(C)CN=C(NCCN2CCCC2)SC1. The largest absolute Gasteiger partial charge is 0.364 e. The van der Waals surface area contributed by atoms with Crippen molar-refractivity contribution in [2.24, 2.45) is 10.4 Å². The van der Waals surface area contributed by atoms with E-state index in [0.29, 0.717) is 5.41 Å². The first-order valence-electron chi connectivity index (χ1n) is 6.29. The van der Waals surface area contributed by atoms with Gasteiger partial charge in [0.2, 0.25) is 0 Å². The monoisotopic (exact) mass is 241 g/mol. The maximum absolute atomic E-state index is 4.60. The highest BCUT2D eigenvalue weighted by Gasteiger charge is 2.23. The number of hydrogen-bond donors (Lipinski definition) is 1. The molecule has 0 unspecified atom stereocenters. The van der Waals surface area contributed by atoms with Crippen molar-refractivity contribution in [1.82, 2.24) is 10.2 Å². The molecule has 0 saturated carbocycles. The Morgan fingerprint density at radius 3 is 2.75 bits per heavy atom. The summed E-state index contributed by atoms with van der Waals surface area (Å²) in [6.45, 7) is 10.3. The summed E-state index contributed by atoms with van der Waals surface area (Å²) >= 11 is 1.87. The van der Waals surface area contributed by atoms with Crippen molar-refractivity contribution in [3.63, 3.8) is 0 Å². The van der Waals surface area contributed by atoms with E-state index in [-0.39, 0.29) is 0 Å². The summed E-state index contributed by atoms with van der Waals surface area (Å²) in [7, 11) is 0. The molecule has 0 aromatic rings. The van der Waals surface area contributed by atoms with Crippen LogP contribution in [0.1, 0.15) is 26.7 Å². The predicted molar refractivity (Wildman–Crippen MR) is 72.2 cm³/mol. The topological polar surface area (TPSA) is 27.6 Å². The van der Waals surface area contributed by atoms with E-state index in [1.54, 1.807) is 0 Å². The van der Waals surface area contributed by atoms with Crippen LogP contribution in [0.25, 0.3) is 0 Å². The summed E-state index contributed by atoms with van der Waals surface area (Å²) in [5.74, 6) is 1.18. The van der Waals surface area contributed by atoms with Crippen molar-refractivity contribution in [1.29, 1.82) is 0 Å². The average molecular weight is 241 g/mol. The molecule has 1 N–H and O–H groups in total. The van der Waals surface area contributed by atoms with Gasteiger partial charge in [0.15, 0.2) is 5.17 Å². The van der Waals surface area contributed by atoms with E-state index in [1.807, 2.05) is 11.8 Å². The molecule has 0 atom stereocenters. The Morgan fingerprint density at radius 1 is 1.38 bits per heavy atom. The van der Waals surface area contributed by atoms with E-state index in [2.05, 4.69) is 29.1 Å². The number of thioether (sulfide) groups is 1. The summed E-state index contributed by atoms with van der Waals surface area (Å²) in [4.78, 5) is 7.13. The van der Waals surface area contributed by atoms with Crippen LogP contribution in [0.3, 0.4) is 0 Å². The van der Waals surface area contributed by atoms with Crippen molar-refractivity contribution in [3.05, 3.63) is 0 Å². The van der Waals surface area contributed by atoms with Gasteiger partial charge in [0.25, 0.3) is 0 Å². The standard InChI is InChI=1S/C12H23N3S/c1-12(2)9-14-11(16-10-12)13-5-8-15-6-3-4-7-15/h3-10H2,1-2H3,(H,13,14). The Kier molecular flexibility index (Phi) is 4.14. The van der Waals surface area contributed by atoms with Gasteiger partial charge in [-0.15, -0.1) is 0 Å². The summed E-state index contributed by atoms with van der Waals surface area (Å²) < 4.78 is 0. The van der Waals surface area contributed by atoms with Gasteiger partial charge in [0, 0.05) is 25.4 Å². The third-order valence-corrected chi connectivity index (χ3v) is 4.63. The Morgan fingerprint density at radius 2 is 2.12 bits per heavy atom. The van der Waals surface area contributed by atoms with Crippen LogP contribution in [0.4, 0.5) is 0 Å². The third kappa shape index (κ3) is 3.67. The van der Waals surface area contributed by atoms with Gasteiger partial charge in [0.1, 0.15) is 0 Å². The summed E-state index contributed by atoms with van der Waals surface area (Å²) in [6, 6.07) is 0. The van der Waals surface area contributed by atoms with Crippen LogP contribution < -0.4 is 5.32 Å². The molecule has 0 radical (unpaired) electrons. The lowest BCUT2D eigenvalue weighted by Crippen LogP contribution is -2.35. The van der Waals surface area contributed by atoms with E-state index in [0.717, 1.165) is 18.3 Å². The van der Waals surface area contributed by atoms with Crippen molar-refractivity contribution in [3.8, 4) is 0 Å². The minimum absolute atomic E-state index is 0.380. The Labute approximate surface area is 103 Å². The van der Waals surface area contributed by atoms with Crippen LogP contribution in [0, 0.1) is 5.41 Å². The first kappa shape index (κ1) is 12.2. The van der Waals surface area contributed by atoms with E-state index in [9.17, 15) is 0 Å². The Bertz CT molecular complexity index is 257. The van der Waals surface area contributed by atoms with Gasteiger partial charge >= 0.3 is 0 Å². The first-order chi connectivity index (χ1) is 7.66. The molecule has 0 aliphatic carbocycles. The van der Waals surface area contributed by atoms with Crippen LogP contribution in [0.5, 0.6) is 0 Å². The molecule has 3 nitrogen and oxygen atoms in total. The zero-order valence-corrected chi connectivity index (χ0v) is 11.3. The van der Waals surface area contributed by atoms with Crippen LogP contribution in [-0.2, 0) is 0 Å². The van der Waals surface area contributed by atoms with Gasteiger partial charge in [-0.2, -0.15) is 0 Å². The number of aliphatic imine (C=N–C) groups is 1. The lowest BCUT2D eigenvalue weighted by molar-refractivity contribution is 0.344. The summed E-state index contributed by atoms with van der Waals surface area (Å²) in [5.41, 5.74) is 0.380. The lowest BCUT2D eigenvalue weighted by Gasteiger charge is -2.27. The minimum Gasteiger partial charge on any atom is -0.364 e. The van der Waals surface area contributed by atoms with Crippen molar-refractivity contribution < 1.29 is 0 Å². The second kappa shape index (κ2) is 5.41. The number of nitrogens with one attached hydrogen (secondary N) is 1. The molecular weight excluding hydrogens is 218 g/mol. The molecule has 1 fully saturated rings. The number of nitrogens with zero attached hydrogens (tertiary/aromatic N) is 2. The van der Waals surface area contributed by atoms with Crippen molar-refractivity contribution in [2.45, 2.75) is 26.7 Å². The second-order valence-electron chi connectivity index (χ2n) is 5.55. The number of hydrogen-bond acceptors (Lipinski definition) is 4. The molecule has 0 bridgehead atoms. The highest BCUT2D eigenvalue weighted by molar-refractivity contribution is 8.13. The van der Waals surface area contributed by atoms with Gasteiger partial charge in [-0.3, -0.25) is 4.99 Å². The van der Waals surface area contributed by atoms with Gasteiger partial charge in [-0.25, -0.2) is 0 Å². The van der Waals surface area contributed by atoms with Gasteiger partial charge in [-0.1, -0.05) is 25.6 Å². The minimum atomic E-state index is 0.380. The maximum Gasteiger partial charge on any atom is 0.156 e. The zero-order valence-electron chi connectivity index (χ0n) is 10.5. The molecule has 16 heavy (non-hydrogen) atoms. The van der Waals surface area contributed by atoms with Crippen LogP contribution >= 0.6 is 11.8 Å². The van der Waals surface area contributed by atoms with Crippen molar-refractivity contribution in [2.75, 3.05) is 38.5 Å². The van der Waals surface area contributed by atoms with E-state index >= 15 is 0 Å². The predicted octanol–water partition coefficient (Wildman–Crippen LogP) is 1.80. The van der Waals surface area contributed by atoms with E-state index in [1.165, 1.54) is 38.2 Å². The molecule has 2 rings (SSSR count). The molecule has 0 spiro atoms. The highest BCUT2D eigenvalue weighted by atomic mass is 32.2. The smallest absolute Gasteiger partial charge is 0.156 e. The molecular formula is C12H23N3S. The summed E-state index contributed by atoms with van der Waals surface area (Å²) in [6.07, 6.45) is 2.76. The number of likely N-dealkylation sites (tertiary alicyclic amines) is 1. The second-order valence-corrected chi connectivity index (χ2v) is 6.51. The first-order valence-corrected chi connectivity index (χ1v) is 7.28. The molecule has 2 heterocycles. The quantitative estimate of drug-likeness (QED) is 0.816. The van der Waals surface area contributed by atoms with E-state index in [4.69, 9.17) is 0 Å². The molecule has 1 saturated heterocycles. The number of rotatable bonds is 3. The molecule has 4 heteroatoms. The van der Waals surface area contributed by atoms with E-state index < -0.39 is 0 Å². The third-order valence-electron chi connectivity index (χ3n) is 3.15. The fourth-order valence-electron chi connectivity index (χ4n) is 2.07. The molecule has 92 valence electrons. The molecule has 2 aliphatic heterocycles. The average Bonchev–Trinajstić information content (AvgIpc) is 2.73. The fourth-order valence-corrected chi connectivity index (χ4v) is 3.05. The normalized spacial score (nSPS) is 25.5.